The molecule has 0 spiro atoms. The molecule has 0 aliphatic carbocycles. The van der Waals surface area contributed by atoms with E-state index in [1.165, 1.54) is 22.9 Å². The Morgan fingerprint density at radius 2 is 1.82 bits per heavy atom. The first kappa shape index (κ1) is 23.4. The Balaban J connectivity index is 1.34. The van der Waals surface area contributed by atoms with E-state index >= 15 is 0 Å². The summed E-state index contributed by atoms with van der Waals surface area (Å²) in [4.78, 5) is 15.0. The summed E-state index contributed by atoms with van der Waals surface area (Å²) < 4.78 is 19.4. The highest BCUT2D eigenvalue weighted by Gasteiger charge is 2.33. The van der Waals surface area contributed by atoms with Crippen molar-refractivity contribution in [3.63, 3.8) is 0 Å². The number of piperidine rings is 1. The molecular formula is C28H32FN2O2. The van der Waals surface area contributed by atoms with Crippen LogP contribution in [-0.4, -0.2) is 35.5 Å². The number of hydrogen-bond acceptors (Lipinski definition) is 3. The van der Waals surface area contributed by atoms with Crippen LogP contribution < -0.4 is 5.73 Å². The van der Waals surface area contributed by atoms with Crippen LogP contribution in [0, 0.1) is 12.7 Å². The number of ether oxygens (including phenoxy) is 1. The highest BCUT2D eigenvalue weighted by atomic mass is 19.1. The number of likely N-dealkylation sites (tertiary alicyclic amines) is 1. The summed E-state index contributed by atoms with van der Waals surface area (Å²) >= 11 is 0. The molecule has 0 saturated carbocycles. The first-order valence-corrected chi connectivity index (χ1v) is 11.7. The molecule has 3 aromatic carbocycles. The van der Waals surface area contributed by atoms with Crippen molar-refractivity contribution in [2.45, 2.75) is 56.9 Å². The zero-order chi connectivity index (χ0) is 23.2. The number of nitrogens with two attached hydrogens (primary N) is 1. The third-order valence-electron chi connectivity index (χ3n) is 6.47. The Labute approximate surface area is 195 Å². The number of amides is 1. The molecule has 1 heterocycles. The molecule has 3 atom stereocenters. The summed E-state index contributed by atoms with van der Waals surface area (Å²) in [6.07, 6.45) is 3.65. The molecule has 0 aromatic heterocycles. The summed E-state index contributed by atoms with van der Waals surface area (Å²) in [5, 5.41) is 2.43. The Bertz CT molecular complexity index is 1070. The molecule has 4 nitrogen and oxygen atoms in total. The molecule has 5 heteroatoms. The smallest absolute Gasteiger partial charge is 0.240 e. The van der Waals surface area contributed by atoms with Crippen LogP contribution in [0.3, 0.4) is 0 Å². The fraction of sp³-hybridized carbons (Fsp3) is 0.357. The van der Waals surface area contributed by atoms with E-state index in [0.29, 0.717) is 19.6 Å². The van der Waals surface area contributed by atoms with E-state index < -0.39 is 6.04 Å². The number of benzene rings is 3. The molecule has 1 aliphatic rings. The summed E-state index contributed by atoms with van der Waals surface area (Å²) in [6, 6.07) is 20.3. The number of halogens is 1. The van der Waals surface area contributed by atoms with Gasteiger partial charge in [-0.15, -0.1) is 0 Å². The fourth-order valence-electron chi connectivity index (χ4n) is 4.68. The van der Waals surface area contributed by atoms with Crippen molar-refractivity contribution in [1.29, 1.82) is 0 Å². The van der Waals surface area contributed by atoms with Crippen molar-refractivity contribution in [3.8, 4) is 0 Å². The van der Waals surface area contributed by atoms with Gasteiger partial charge in [0.1, 0.15) is 5.82 Å². The Hall–Kier alpha value is -2.76. The van der Waals surface area contributed by atoms with Gasteiger partial charge in [0.05, 0.1) is 18.8 Å². The van der Waals surface area contributed by atoms with Gasteiger partial charge in [0, 0.05) is 12.6 Å². The molecule has 1 saturated heterocycles. The largest absolute Gasteiger partial charge is 0.373 e. The van der Waals surface area contributed by atoms with Crippen LogP contribution >= 0.6 is 0 Å². The van der Waals surface area contributed by atoms with Crippen LogP contribution in [0.5, 0.6) is 0 Å². The van der Waals surface area contributed by atoms with E-state index in [2.05, 4.69) is 37.3 Å². The first-order chi connectivity index (χ1) is 16.0. The fourth-order valence-corrected chi connectivity index (χ4v) is 4.68. The number of nitrogens with zero attached hydrogens (tertiary/aromatic N) is 1. The van der Waals surface area contributed by atoms with Gasteiger partial charge in [-0.2, -0.15) is 0 Å². The maximum atomic E-state index is 13.2. The van der Waals surface area contributed by atoms with Crippen molar-refractivity contribution in [2.75, 3.05) is 6.54 Å². The third-order valence-corrected chi connectivity index (χ3v) is 6.47. The molecule has 1 amide bonds. The van der Waals surface area contributed by atoms with Gasteiger partial charge in [0.15, 0.2) is 0 Å². The average molecular weight is 448 g/mol. The molecule has 1 aliphatic heterocycles. The topological polar surface area (TPSA) is 55.6 Å². The second kappa shape index (κ2) is 10.9. The molecular weight excluding hydrogens is 415 g/mol. The molecule has 173 valence electrons. The van der Waals surface area contributed by atoms with Gasteiger partial charge in [0.25, 0.3) is 0 Å². The van der Waals surface area contributed by atoms with Gasteiger partial charge in [-0.05, 0) is 65.8 Å². The van der Waals surface area contributed by atoms with Crippen molar-refractivity contribution < 1.29 is 13.9 Å². The molecule has 2 N–H and O–H groups in total. The molecule has 3 aromatic rings. The normalized spacial score (nSPS) is 19.5. The van der Waals surface area contributed by atoms with Crippen molar-refractivity contribution >= 4 is 16.7 Å². The zero-order valence-corrected chi connectivity index (χ0v) is 19.0. The SMILES string of the molecule is [CH2]CCC1CC(OCc2ccc3ccccc3c2)CCN1C(=O)C(N)Cc1ccc(F)cc1. The highest BCUT2D eigenvalue weighted by molar-refractivity contribution is 5.83. The number of hydrogen-bond donors (Lipinski definition) is 1. The maximum absolute atomic E-state index is 13.2. The van der Waals surface area contributed by atoms with Crippen LogP contribution in [0.1, 0.15) is 36.8 Å². The quantitative estimate of drug-likeness (QED) is 0.526. The van der Waals surface area contributed by atoms with Gasteiger partial charge in [0.2, 0.25) is 5.91 Å². The second-order valence-electron chi connectivity index (χ2n) is 8.90. The predicted octanol–water partition coefficient (Wildman–Crippen LogP) is 5.04. The lowest BCUT2D eigenvalue weighted by Crippen LogP contribution is -2.53. The Morgan fingerprint density at radius 1 is 1.09 bits per heavy atom. The monoisotopic (exact) mass is 447 g/mol. The molecule has 0 bridgehead atoms. The van der Waals surface area contributed by atoms with E-state index in [1.54, 1.807) is 12.1 Å². The van der Waals surface area contributed by atoms with E-state index in [0.717, 1.165) is 36.8 Å². The van der Waals surface area contributed by atoms with Crippen LogP contribution in [0.2, 0.25) is 0 Å². The third kappa shape index (κ3) is 5.98. The van der Waals surface area contributed by atoms with E-state index in [4.69, 9.17) is 10.5 Å². The summed E-state index contributed by atoms with van der Waals surface area (Å²) in [5.74, 6) is -0.342. The first-order valence-electron chi connectivity index (χ1n) is 11.7. The van der Waals surface area contributed by atoms with Gasteiger partial charge < -0.3 is 15.4 Å². The number of fused-ring (bicyclic) bond motifs is 1. The minimum absolute atomic E-state index is 0.0502. The van der Waals surface area contributed by atoms with Gasteiger partial charge in [-0.3, -0.25) is 4.79 Å². The Kier molecular flexibility index (Phi) is 7.73. The highest BCUT2D eigenvalue weighted by Crippen LogP contribution is 2.26. The summed E-state index contributed by atoms with van der Waals surface area (Å²) in [7, 11) is 0. The lowest BCUT2D eigenvalue weighted by molar-refractivity contribution is -0.139. The lowest BCUT2D eigenvalue weighted by atomic mass is 9.94. The van der Waals surface area contributed by atoms with Crippen LogP contribution in [0.4, 0.5) is 4.39 Å². The minimum atomic E-state index is -0.641. The minimum Gasteiger partial charge on any atom is -0.373 e. The van der Waals surface area contributed by atoms with Gasteiger partial charge in [-0.1, -0.05) is 61.9 Å². The summed E-state index contributed by atoms with van der Waals surface area (Å²) in [5.41, 5.74) is 8.27. The predicted molar refractivity (Wildman–Crippen MR) is 130 cm³/mol. The lowest BCUT2D eigenvalue weighted by Gasteiger charge is -2.40. The number of rotatable bonds is 8. The van der Waals surface area contributed by atoms with Crippen molar-refractivity contribution in [1.82, 2.24) is 4.90 Å². The maximum Gasteiger partial charge on any atom is 0.240 e. The molecule has 4 rings (SSSR count). The van der Waals surface area contributed by atoms with Crippen molar-refractivity contribution in [2.24, 2.45) is 5.73 Å². The van der Waals surface area contributed by atoms with Gasteiger partial charge >= 0.3 is 0 Å². The average Bonchev–Trinajstić information content (AvgIpc) is 2.84. The molecule has 1 fully saturated rings. The van der Waals surface area contributed by atoms with E-state index in [-0.39, 0.29) is 23.9 Å². The second-order valence-corrected chi connectivity index (χ2v) is 8.90. The zero-order valence-electron chi connectivity index (χ0n) is 19.0. The number of carbonyl (C=O) groups is 1. The van der Waals surface area contributed by atoms with Crippen LogP contribution in [0.15, 0.2) is 66.7 Å². The van der Waals surface area contributed by atoms with Crippen LogP contribution in [-0.2, 0) is 22.6 Å². The van der Waals surface area contributed by atoms with E-state index in [9.17, 15) is 9.18 Å². The molecule has 33 heavy (non-hydrogen) atoms. The molecule has 3 unspecified atom stereocenters. The Morgan fingerprint density at radius 3 is 2.58 bits per heavy atom. The summed E-state index contributed by atoms with van der Waals surface area (Å²) in [6.45, 7) is 5.18. The van der Waals surface area contributed by atoms with Crippen LogP contribution in [0.25, 0.3) is 10.8 Å². The van der Waals surface area contributed by atoms with Gasteiger partial charge in [-0.25, -0.2) is 4.39 Å². The standard InChI is InChI=1S/C28H32FN2O2/c1-2-5-25-18-26(33-19-21-8-11-22-6-3-4-7-23(22)16-21)14-15-31(25)28(32)27(30)17-20-9-12-24(29)13-10-20/h3-4,6-13,16,25-27H,1-2,5,14-15,17-19,30H2. The van der Waals surface area contributed by atoms with Crippen molar-refractivity contribution in [3.05, 3.63) is 90.6 Å². The number of carbonyl (C=O) groups excluding carboxylic acids is 1. The van der Waals surface area contributed by atoms with E-state index in [1.807, 2.05) is 17.0 Å². The molecule has 1 radical (unpaired) electrons.